The van der Waals surface area contributed by atoms with Gasteiger partial charge in [-0.05, 0) is 24.3 Å². The zero-order chi connectivity index (χ0) is 14.0. The Balaban J connectivity index is 2.33. The number of aromatic hydroxyl groups is 1. The molecule has 0 saturated heterocycles. The predicted molar refractivity (Wildman–Crippen MR) is 68.1 cm³/mol. The van der Waals surface area contributed by atoms with Crippen molar-refractivity contribution < 1.29 is 17.9 Å². The highest BCUT2D eigenvalue weighted by molar-refractivity contribution is 7.92. The number of pyridine rings is 1. The summed E-state index contributed by atoms with van der Waals surface area (Å²) in [6.45, 7) is 0. The number of halogens is 2. The average Bonchev–Trinajstić information content (AvgIpc) is 2.33. The molecule has 0 aliphatic rings. The summed E-state index contributed by atoms with van der Waals surface area (Å²) in [5.74, 6) is -1.48. The Hall–Kier alpha value is -1.86. The molecule has 0 unspecified atom stereocenters. The number of anilines is 1. The van der Waals surface area contributed by atoms with Crippen LogP contribution in [-0.2, 0) is 10.0 Å². The van der Waals surface area contributed by atoms with Crippen LogP contribution < -0.4 is 4.72 Å². The van der Waals surface area contributed by atoms with Gasteiger partial charge in [0, 0.05) is 12.3 Å². The Bertz CT molecular complexity index is 722. The van der Waals surface area contributed by atoms with Gasteiger partial charge in [0.05, 0.1) is 10.6 Å². The molecule has 0 aliphatic carbocycles. The highest BCUT2D eigenvalue weighted by Crippen LogP contribution is 2.22. The van der Waals surface area contributed by atoms with Gasteiger partial charge < -0.3 is 5.11 Å². The lowest BCUT2D eigenvalue weighted by Crippen LogP contribution is -2.13. The second-order valence-electron chi connectivity index (χ2n) is 3.59. The van der Waals surface area contributed by atoms with E-state index in [-0.39, 0.29) is 15.7 Å². The zero-order valence-electron chi connectivity index (χ0n) is 9.34. The Morgan fingerprint density at radius 3 is 2.63 bits per heavy atom. The summed E-state index contributed by atoms with van der Waals surface area (Å²) in [7, 11) is -3.89. The van der Waals surface area contributed by atoms with Crippen molar-refractivity contribution in [2.75, 3.05) is 4.72 Å². The van der Waals surface area contributed by atoms with E-state index in [4.69, 9.17) is 16.7 Å². The first kappa shape index (κ1) is 13.6. The molecule has 1 heterocycles. The molecule has 1 aromatic carbocycles. The number of phenolic OH excluding ortho intramolecular Hbond substituents is 1. The van der Waals surface area contributed by atoms with E-state index in [1.165, 1.54) is 24.4 Å². The Labute approximate surface area is 113 Å². The van der Waals surface area contributed by atoms with Crippen molar-refractivity contribution in [3.8, 4) is 5.75 Å². The van der Waals surface area contributed by atoms with E-state index in [0.717, 1.165) is 12.1 Å². The highest BCUT2D eigenvalue weighted by Gasteiger charge is 2.15. The predicted octanol–water partition coefficient (Wildman–Crippen LogP) is 2.38. The first-order valence-corrected chi connectivity index (χ1v) is 6.87. The molecule has 2 N–H and O–H groups in total. The van der Waals surface area contributed by atoms with Crippen LogP contribution in [0.4, 0.5) is 10.1 Å². The molecule has 0 bridgehead atoms. The minimum absolute atomic E-state index is 0.0109. The third-order valence-corrected chi connectivity index (χ3v) is 3.79. The number of rotatable bonds is 3. The van der Waals surface area contributed by atoms with Crippen molar-refractivity contribution in [3.63, 3.8) is 0 Å². The van der Waals surface area contributed by atoms with Crippen LogP contribution in [0.2, 0.25) is 5.15 Å². The Kier molecular flexibility index (Phi) is 3.59. The van der Waals surface area contributed by atoms with Gasteiger partial charge in [0.25, 0.3) is 10.0 Å². The molecule has 0 amide bonds. The molecule has 0 atom stereocenters. The van der Waals surface area contributed by atoms with Gasteiger partial charge in [-0.1, -0.05) is 11.6 Å². The summed E-state index contributed by atoms with van der Waals surface area (Å²) in [5.41, 5.74) is -0.0109. The van der Waals surface area contributed by atoms with Crippen LogP contribution in [0.15, 0.2) is 41.4 Å². The van der Waals surface area contributed by atoms with Gasteiger partial charge in [-0.2, -0.15) is 0 Å². The van der Waals surface area contributed by atoms with Crippen molar-refractivity contribution in [1.29, 1.82) is 0 Å². The van der Waals surface area contributed by atoms with Gasteiger partial charge >= 0.3 is 0 Å². The normalized spacial score (nSPS) is 11.3. The lowest BCUT2D eigenvalue weighted by molar-refractivity contribution is 0.432. The number of hydrogen-bond donors (Lipinski definition) is 2. The lowest BCUT2D eigenvalue weighted by atomic mass is 10.3. The molecule has 1 aromatic heterocycles. The largest absolute Gasteiger partial charge is 0.505 e. The van der Waals surface area contributed by atoms with E-state index < -0.39 is 21.6 Å². The van der Waals surface area contributed by atoms with Crippen LogP contribution in [0.1, 0.15) is 0 Å². The maximum absolute atomic E-state index is 13.1. The topological polar surface area (TPSA) is 79.3 Å². The molecule has 2 aromatic rings. The van der Waals surface area contributed by atoms with E-state index in [1.54, 1.807) is 0 Å². The molecule has 2 rings (SSSR count). The zero-order valence-corrected chi connectivity index (χ0v) is 10.9. The Morgan fingerprint density at radius 2 is 2.00 bits per heavy atom. The maximum Gasteiger partial charge on any atom is 0.262 e. The van der Waals surface area contributed by atoms with Crippen molar-refractivity contribution in [1.82, 2.24) is 4.98 Å². The van der Waals surface area contributed by atoms with Gasteiger partial charge in [0.1, 0.15) is 5.15 Å². The number of nitrogens with one attached hydrogen (secondary N) is 1. The smallest absolute Gasteiger partial charge is 0.262 e. The number of aromatic nitrogens is 1. The molecule has 19 heavy (non-hydrogen) atoms. The molecule has 0 spiro atoms. The molecule has 0 radical (unpaired) electrons. The van der Waals surface area contributed by atoms with Crippen LogP contribution in [0.5, 0.6) is 5.75 Å². The number of phenols is 1. The number of sulfonamides is 1. The van der Waals surface area contributed by atoms with Crippen LogP contribution >= 0.6 is 11.6 Å². The van der Waals surface area contributed by atoms with E-state index in [9.17, 15) is 12.8 Å². The van der Waals surface area contributed by atoms with Crippen LogP contribution in [-0.4, -0.2) is 18.5 Å². The van der Waals surface area contributed by atoms with Gasteiger partial charge in [-0.15, -0.1) is 0 Å². The first-order valence-electron chi connectivity index (χ1n) is 5.01. The second kappa shape index (κ2) is 5.02. The van der Waals surface area contributed by atoms with Gasteiger partial charge in [-0.25, -0.2) is 17.8 Å². The molecule has 0 aliphatic heterocycles. The molecular weight excluding hydrogens is 295 g/mol. The maximum atomic E-state index is 13.1. The Morgan fingerprint density at radius 1 is 1.26 bits per heavy atom. The van der Waals surface area contributed by atoms with E-state index in [1.807, 2.05) is 0 Å². The van der Waals surface area contributed by atoms with Gasteiger partial charge in [0.2, 0.25) is 0 Å². The fourth-order valence-electron chi connectivity index (χ4n) is 1.34. The molecule has 0 fully saturated rings. The van der Waals surface area contributed by atoms with Crippen LogP contribution in [0.25, 0.3) is 0 Å². The molecule has 8 heteroatoms. The third kappa shape index (κ3) is 3.12. The number of nitrogens with zero attached hydrogens (tertiary/aromatic N) is 1. The minimum Gasteiger partial charge on any atom is -0.505 e. The van der Waals surface area contributed by atoms with Crippen LogP contribution in [0.3, 0.4) is 0 Å². The fraction of sp³-hybridized carbons (Fsp3) is 0. The number of hydrogen-bond acceptors (Lipinski definition) is 4. The standard InChI is InChI=1S/C11H8ClFN2O3S/c12-11-6-8(3-4-14-11)19(17,18)15-7-1-2-10(16)9(13)5-7/h1-6,15-16H. The van der Waals surface area contributed by atoms with Crippen LogP contribution in [0, 0.1) is 5.82 Å². The van der Waals surface area contributed by atoms with Crippen molar-refractivity contribution in [2.24, 2.45) is 0 Å². The minimum atomic E-state index is -3.89. The molecular formula is C11H8ClFN2O3S. The summed E-state index contributed by atoms with van der Waals surface area (Å²) in [4.78, 5) is 3.57. The van der Waals surface area contributed by atoms with Gasteiger partial charge in [-0.3, -0.25) is 4.72 Å². The van der Waals surface area contributed by atoms with E-state index in [2.05, 4.69) is 9.71 Å². The summed E-state index contributed by atoms with van der Waals surface area (Å²) in [6, 6.07) is 5.58. The molecule has 100 valence electrons. The highest BCUT2D eigenvalue weighted by atomic mass is 35.5. The summed E-state index contributed by atoms with van der Waals surface area (Å²) < 4.78 is 39.2. The van der Waals surface area contributed by atoms with Crippen molar-refractivity contribution in [3.05, 3.63) is 47.5 Å². The molecule has 5 nitrogen and oxygen atoms in total. The summed E-state index contributed by atoms with van der Waals surface area (Å²) in [6.07, 6.45) is 1.24. The molecule has 0 saturated carbocycles. The quantitative estimate of drug-likeness (QED) is 0.674. The average molecular weight is 303 g/mol. The number of benzene rings is 1. The fourth-order valence-corrected chi connectivity index (χ4v) is 2.64. The SMILES string of the molecule is O=S(=O)(Nc1ccc(O)c(F)c1)c1ccnc(Cl)c1. The summed E-state index contributed by atoms with van der Waals surface area (Å²) in [5, 5.41) is 9.05. The van der Waals surface area contributed by atoms with Crippen molar-refractivity contribution in [2.45, 2.75) is 4.90 Å². The van der Waals surface area contributed by atoms with Gasteiger partial charge in [0.15, 0.2) is 11.6 Å². The lowest BCUT2D eigenvalue weighted by Gasteiger charge is -2.08. The van der Waals surface area contributed by atoms with E-state index >= 15 is 0 Å². The third-order valence-electron chi connectivity index (χ3n) is 2.21. The monoisotopic (exact) mass is 302 g/mol. The summed E-state index contributed by atoms with van der Waals surface area (Å²) >= 11 is 5.60. The van der Waals surface area contributed by atoms with E-state index in [0.29, 0.717) is 0 Å². The second-order valence-corrected chi connectivity index (χ2v) is 5.66. The van der Waals surface area contributed by atoms with Crippen molar-refractivity contribution >= 4 is 27.3 Å². The first-order chi connectivity index (χ1) is 8.88.